The highest BCUT2D eigenvalue weighted by atomic mass is 14.2. The molecule has 0 saturated heterocycles. The summed E-state index contributed by atoms with van der Waals surface area (Å²) in [7, 11) is 0. The molecule has 1 nitrogen and oxygen atoms in total. The molecule has 1 rings (SSSR count). The molecular formula is C14H17N. The Morgan fingerprint density at radius 2 is 2.00 bits per heavy atom. The van der Waals surface area contributed by atoms with Gasteiger partial charge in [-0.05, 0) is 30.4 Å². The average molecular weight is 199 g/mol. The summed E-state index contributed by atoms with van der Waals surface area (Å²) in [5.74, 6) is 0.593. The smallest absolute Gasteiger partial charge is 0.0994 e. The van der Waals surface area contributed by atoms with E-state index >= 15 is 0 Å². The standard InChI is InChI=1S/C14H17N/c1-4-11(3)13-6-8-14(9-7-13)12(5-2)10-15/h5-9,11H,4H2,1-3H3/b12-5+. The van der Waals surface area contributed by atoms with Crippen molar-refractivity contribution in [3.8, 4) is 6.07 Å². The molecule has 0 fully saturated rings. The van der Waals surface area contributed by atoms with Crippen molar-refractivity contribution in [2.75, 3.05) is 0 Å². The molecule has 0 bridgehead atoms. The molecule has 0 heterocycles. The quantitative estimate of drug-likeness (QED) is 0.671. The highest BCUT2D eigenvalue weighted by molar-refractivity contribution is 5.76. The van der Waals surface area contributed by atoms with Crippen LogP contribution < -0.4 is 0 Å². The van der Waals surface area contributed by atoms with Gasteiger partial charge in [-0.2, -0.15) is 5.26 Å². The van der Waals surface area contributed by atoms with E-state index in [1.165, 1.54) is 5.56 Å². The van der Waals surface area contributed by atoms with Crippen LogP contribution in [-0.4, -0.2) is 0 Å². The maximum absolute atomic E-state index is 8.89. The van der Waals surface area contributed by atoms with Crippen molar-refractivity contribution in [3.05, 3.63) is 41.5 Å². The predicted molar refractivity (Wildman–Crippen MR) is 64.4 cm³/mol. The highest BCUT2D eigenvalue weighted by Crippen LogP contribution is 2.21. The summed E-state index contributed by atoms with van der Waals surface area (Å²) >= 11 is 0. The molecule has 1 unspecified atom stereocenters. The molecule has 78 valence electrons. The summed E-state index contributed by atoms with van der Waals surface area (Å²) in [5.41, 5.74) is 3.09. The molecule has 15 heavy (non-hydrogen) atoms. The van der Waals surface area contributed by atoms with Gasteiger partial charge < -0.3 is 0 Å². The molecule has 1 aromatic rings. The fraction of sp³-hybridized carbons (Fsp3) is 0.357. The average Bonchev–Trinajstić information content (AvgIpc) is 2.30. The molecule has 0 aliphatic carbocycles. The summed E-state index contributed by atoms with van der Waals surface area (Å²) in [6.45, 7) is 6.29. The van der Waals surface area contributed by atoms with E-state index in [2.05, 4.69) is 32.0 Å². The van der Waals surface area contributed by atoms with E-state index in [1.54, 1.807) is 0 Å². The number of nitriles is 1. The second kappa shape index (κ2) is 5.36. The molecular weight excluding hydrogens is 182 g/mol. The Balaban J connectivity index is 2.96. The van der Waals surface area contributed by atoms with Crippen molar-refractivity contribution in [2.24, 2.45) is 0 Å². The first kappa shape index (κ1) is 11.5. The minimum Gasteiger partial charge on any atom is -0.192 e. The fourth-order valence-corrected chi connectivity index (χ4v) is 1.52. The van der Waals surface area contributed by atoms with Gasteiger partial charge in [-0.3, -0.25) is 0 Å². The lowest BCUT2D eigenvalue weighted by molar-refractivity contribution is 0.733. The van der Waals surface area contributed by atoms with Crippen molar-refractivity contribution in [2.45, 2.75) is 33.1 Å². The van der Waals surface area contributed by atoms with Gasteiger partial charge in [0.2, 0.25) is 0 Å². The number of hydrogen-bond donors (Lipinski definition) is 0. The van der Waals surface area contributed by atoms with E-state index < -0.39 is 0 Å². The molecule has 0 amide bonds. The van der Waals surface area contributed by atoms with Crippen LogP contribution in [0.4, 0.5) is 0 Å². The second-order valence-electron chi connectivity index (χ2n) is 3.75. The second-order valence-corrected chi connectivity index (χ2v) is 3.75. The molecule has 1 atom stereocenters. The lowest BCUT2D eigenvalue weighted by Crippen LogP contribution is -1.91. The van der Waals surface area contributed by atoms with Gasteiger partial charge in [0.25, 0.3) is 0 Å². The minimum absolute atomic E-state index is 0.593. The number of hydrogen-bond acceptors (Lipinski definition) is 1. The van der Waals surface area contributed by atoms with Crippen molar-refractivity contribution in [1.29, 1.82) is 5.26 Å². The zero-order chi connectivity index (χ0) is 11.3. The van der Waals surface area contributed by atoms with Crippen molar-refractivity contribution >= 4 is 5.57 Å². The first-order valence-electron chi connectivity index (χ1n) is 5.39. The molecule has 0 spiro atoms. The Morgan fingerprint density at radius 1 is 1.40 bits per heavy atom. The van der Waals surface area contributed by atoms with Crippen molar-refractivity contribution < 1.29 is 0 Å². The maximum atomic E-state index is 8.89. The largest absolute Gasteiger partial charge is 0.192 e. The molecule has 1 aromatic carbocycles. The van der Waals surface area contributed by atoms with Crippen LogP contribution >= 0.6 is 0 Å². The first-order chi connectivity index (χ1) is 7.22. The van der Waals surface area contributed by atoms with Crippen LogP contribution in [0.3, 0.4) is 0 Å². The van der Waals surface area contributed by atoms with Crippen LogP contribution in [0.2, 0.25) is 0 Å². The van der Waals surface area contributed by atoms with Gasteiger partial charge in [0.05, 0.1) is 11.6 Å². The van der Waals surface area contributed by atoms with Gasteiger partial charge >= 0.3 is 0 Å². The number of allylic oxidation sites excluding steroid dienone is 2. The van der Waals surface area contributed by atoms with Gasteiger partial charge in [0.15, 0.2) is 0 Å². The number of benzene rings is 1. The third-order valence-corrected chi connectivity index (χ3v) is 2.81. The van der Waals surface area contributed by atoms with Gasteiger partial charge in [-0.1, -0.05) is 44.2 Å². The topological polar surface area (TPSA) is 23.8 Å². The molecule has 0 N–H and O–H groups in total. The van der Waals surface area contributed by atoms with Crippen molar-refractivity contribution in [3.63, 3.8) is 0 Å². The molecule has 0 radical (unpaired) electrons. The SMILES string of the molecule is C/C=C(\C#N)c1ccc(C(C)CC)cc1. The Hall–Kier alpha value is -1.55. The summed E-state index contributed by atoms with van der Waals surface area (Å²) in [6.07, 6.45) is 2.99. The third kappa shape index (κ3) is 2.70. The minimum atomic E-state index is 0.593. The van der Waals surface area contributed by atoms with Crippen LogP contribution in [0.15, 0.2) is 30.3 Å². The summed E-state index contributed by atoms with van der Waals surface area (Å²) in [5, 5.41) is 8.89. The summed E-state index contributed by atoms with van der Waals surface area (Å²) < 4.78 is 0. The van der Waals surface area contributed by atoms with Crippen LogP contribution in [0.25, 0.3) is 5.57 Å². The number of nitrogens with zero attached hydrogens (tertiary/aromatic N) is 1. The lowest BCUT2D eigenvalue weighted by Gasteiger charge is -2.09. The van der Waals surface area contributed by atoms with E-state index in [4.69, 9.17) is 5.26 Å². The van der Waals surface area contributed by atoms with Gasteiger partial charge in [-0.25, -0.2) is 0 Å². The molecule has 0 aliphatic rings. The zero-order valence-corrected chi connectivity index (χ0v) is 9.62. The van der Waals surface area contributed by atoms with Gasteiger partial charge in [0.1, 0.15) is 0 Å². The Kier molecular flexibility index (Phi) is 4.12. The maximum Gasteiger partial charge on any atom is 0.0994 e. The van der Waals surface area contributed by atoms with Crippen LogP contribution in [0.1, 0.15) is 44.2 Å². The van der Waals surface area contributed by atoms with E-state index in [0.717, 1.165) is 17.6 Å². The summed E-state index contributed by atoms with van der Waals surface area (Å²) in [4.78, 5) is 0. The Bertz CT molecular complexity index is 379. The third-order valence-electron chi connectivity index (χ3n) is 2.81. The Labute approximate surface area is 92.1 Å². The molecule has 0 aromatic heterocycles. The fourth-order valence-electron chi connectivity index (χ4n) is 1.52. The summed E-state index contributed by atoms with van der Waals surface area (Å²) in [6, 6.07) is 10.5. The number of rotatable bonds is 3. The van der Waals surface area contributed by atoms with Gasteiger partial charge in [-0.15, -0.1) is 0 Å². The van der Waals surface area contributed by atoms with E-state index in [-0.39, 0.29) is 0 Å². The molecule has 0 aliphatic heterocycles. The monoisotopic (exact) mass is 199 g/mol. The predicted octanol–water partition coefficient (Wildman–Crippen LogP) is 4.13. The van der Waals surface area contributed by atoms with E-state index in [1.807, 2.05) is 25.1 Å². The van der Waals surface area contributed by atoms with Crippen LogP contribution in [0, 0.1) is 11.3 Å². The van der Waals surface area contributed by atoms with Crippen molar-refractivity contribution in [1.82, 2.24) is 0 Å². The van der Waals surface area contributed by atoms with E-state index in [9.17, 15) is 0 Å². The van der Waals surface area contributed by atoms with E-state index in [0.29, 0.717) is 5.92 Å². The van der Waals surface area contributed by atoms with Gasteiger partial charge in [0, 0.05) is 0 Å². The highest BCUT2D eigenvalue weighted by Gasteiger charge is 2.03. The zero-order valence-electron chi connectivity index (χ0n) is 9.62. The first-order valence-corrected chi connectivity index (χ1v) is 5.39. The lowest BCUT2D eigenvalue weighted by atomic mass is 9.96. The normalized spacial score (nSPS) is 13.3. The molecule has 1 heteroatoms. The van der Waals surface area contributed by atoms with Crippen LogP contribution in [0.5, 0.6) is 0 Å². The Morgan fingerprint density at radius 3 is 2.40 bits per heavy atom. The molecule has 0 saturated carbocycles. The van der Waals surface area contributed by atoms with Crippen LogP contribution in [-0.2, 0) is 0 Å².